The molecular formula is C51H82N8O15. The van der Waals surface area contributed by atoms with Gasteiger partial charge in [0.15, 0.2) is 0 Å². The highest BCUT2D eigenvalue weighted by Gasteiger charge is 2.50. The van der Waals surface area contributed by atoms with E-state index in [1.165, 1.54) is 44.5 Å². The number of aliphatic hydroxyl groups excluding tert-OH is 6. The number of β-amino-alcohol motifs (C(OH)–C–C–N with tert-alkyl or cyclic N) is 1. The highest BCUT2D eigenvalue weighted by Crippen LogP contribution is 2.27. The molecule has 0 bridgehead atoms. The van der Waals surface area contributed by atoms with E-state index in [-0.39, 0.29) is 25.1 Å². The first kappa shape index (κ1) is 61.1. The monoisotopic (exact) mass is 1050 g/mol. The average molecular weight is 1050 g/mol. The highest BCUT2D eigenvalue weighted by atomic mass is 16.3. The Kier molecular flexibility index (Phi) is 23.9. The van der Waals surface area contributed by atoms with Crippen molar-refractivity contribution in [1.82, 2.24) is 36.4 Å². The lowest BCUT2D eigenvalue weighted by Crippen LogP contribution is -2.64. The second-order valence-corrected chi connectivity index (χ2v) is 20.9. The summed E-state index contributed by atoms with van der Waals surface area (Å²) < 4.78 is 0. The van der Waals surface area contributed by atoms with Crippen LogP contribution in [0.2, 0.25) is 0 Å². The predicted octanol–water partition coefficient (Wildman–Crippen LogP) is -1.90. The molecule has 15 atom stereocenters. The molecule has 4 rings (SSSR count). The zero-order chi connectivity index (χ0) is 55.0. The summed E-state index contributed by atoms with van der Waals surface area (Å²) in [5.74, 6) is -8.02. The first-order valence-electron chi connectivity index (χ1n) is 26.2. The van der Waals surface area contributed by atoms with Crippen molar-refractivity contribution in [2.45, 2.75) is 197 Å². The SMILES string of the molecule is CC[C@H](C)C[C@@H](C)CCCCCCCCC(=O)N[C@H]1C[C@@H](O)CNC(=O)[C@@H]2[C@@H](O)[C@@H](C)CN2C(=O)[C@H]([C@H](O)CC(N)=O)NC(=O)[C@H]([C@H](O)Cc2ccc(O)cc2)NC(=O)[C@@H]2C[C@@H](O)CN2C(=O)[C@H]([C@@H](C)O)NC1=O. The van der Waals surface area contributed by atoms with Crippen LogP contribution in [0, 0.1) is 17.8 Å². The van der Waals surface area contributed by atoms with Crippen molar-refractivity contribution in [3.63, 3.8) is 0 Å². The van der Waals surface area contributed by atoms with Gasteiger partial charge in [-0.1, -0.05) is 84.8 Å². The van der Waals surface area contributed by atoms with Gasteiger partial charge in [0, 0.05) is 51.2 Å². The quantitative estimate of drug-likeness (QED) is 0.0635. The molecule has 0 saturated carbocycles. The number of fused-ring (bicyclic) bond motifs is 2. The van der Waals surface area contributed by atoms with Gasteiger partial charge in [-0.05, 0) is 49.3 Å². The zero-order valence-electron chi connectivity index (χ0n) is 43.4. The normalized spacial score (nSPS) is 28.8. The fraction of sp³-hybridized carbons (Fsp3) is 0.725. The molecule has 14 N–H and O–H groups in total. The molecule has 23 nitrogen and oxygen atoms in total. The molecule has 0 unspecified atom stereocenters. The van der Waals surface area contributed by atoms with Crippen LogP contribution in [0.3, 0.4) is 0 Å². The number of rotatable bonds is 20. The molecule has 74 heavy (non-hydrogen) atoms. The summed E-state index contributed by atoms with van der Waals surface area (Å²) in [6, 6.07) is -5.46. The summed E-state index contributed by atoms with van der Waals surface area (Å²) in [6.45, 7) is 7.97. The number of phenols is 1. The van der Waals surface area contributed by atoms with Crippen molar-refractivity contribution in [3.8, 4) is 5.75 Å². The summed E-state index contributed by atoms with van der Waals surface area (Å²) in [5, 5.41) is 89.2. The Morgan fingerprint density at radius 2 is 1.34 bits per heavy atom. The van der Waals surface area contributed by atoms with Crippen LogP contribution < -0.4 is 32.3 Å². The van der Waals surface area contributed by atoms with E-state index in [2.05, 4.69) is 47.4 Å². The van der Waals surface area contributed by atoms with E-state index >= 15 is 0 Å². The number of aromatic hydroxyl groups is 1. The van der Waals surface area contributed by atoms with Crippen molar-refractivity contribution in [1.29, 1.82) is 0 Å². The van der Waals surface area contributed by atoms with Crippen LogP contribution in [0.15, 0.2) is 24.3 Å². The van der Waals surface area contributed by atoms with Gasteiger partial charge in [-0.15, -0.1) is 0 Å². The predicted molar refractivity (Wildman–Crippen MR) is 268 cm³/mol. The Hall–Kier alpha value is -5.46. The molecule has 3 aliphatic rings. The van der Waals surface area contributed by atoms with Crippen LogP contribution in [0.4, 0.5) is 0 Å². The molecule has 3 saturated heterocycles. The lowest BCUT2D eigenvalue weighted by Gasteiger charge is -2.33. The van der Waals surface area contributed by atoms with Gasteiger partial charge < -0.3 is 77.9 Å². The number of nitrogens with two attached hydrogens (primary N) is 1. The number of hydrogen-bond acceptors (Lipinski definition) is 15. The largest absolute Gasteiger partial charge is 0.508 e. The van der Waals surface area contributed by atoms with E-state index < -0.39 is 158 Å². The third-order valence-electron chi connectivity index (χ3n) is 14.4. The van der Waals surface area contributed by atoms with Gasteiger partial charge in [0.1, 0.15) is 42.0 Å². The molecule has 1 aromatic rings. The molecule has 3 heterocycles. The van der Waals surface area contributed by atoms with Gasteiger partial charge in [-0.2, -0.15) is 0 Å². The molecule has 8 amide bonds. The Morgan fingerprint density at radius 1 is 0.730 bits per heavy atom. The average Bonchev–Trinajstić information content (AvgIpc) is 3.88. The van der Waals surface area contributed by atoms with E-state index in [1.54, 1.807) is 0 Å². The van der Waals surface area contributed by atoms with E-state index in [1.807, 2.05) is 0 Å². The van der Waals surface area contributed by atoms with Crippen LogP contribution >= 0.6 is 0 Å². The maximum absolute atomic E-state index is 14.5. The summed E-state index contributed by atoms with van der Waals surface area (Å²) in [6.07, 6.45) is -3.60. The van der Waals surface area contributed by atoms with Gasteiger partial charge in [0.05, 0.1) is 43.0 Å². The van der Waals surface area contributed by atoms with Gasteiger partial charge in [0.25, 0.3) is 0 Å². The Balaban J connectivity index is 1.66. The minimum absolute atomic E-state index is 0.00249. The molecule has 23 heteroatoms. The summed E-state index contributed by atoms with van der Waals surface area (Å²) in [7, 11) is 0. The fourth-order valence-electron chi connectivity index (χ4n) is 9.96. The third-order valence-corrected chi connectivity index (χ3v) is 14.4. The molecule has 0 aromatic heterocycles. The lowest BCUT2D eigenvalue weighted by atomic mass is 9.91. The lowest BCUT2D eigenvalue weighted by molar-refractivity contribution is -0.147. The van der Waals surface area contributed by atoms with Crippen LogP contribution in [0.1, 0.15) is 124 Å². The van der Waals surface area contributed by atoms with Gasteiger partial charge in [-0.25, -0.2) is 0 Å². The summed E-state index contributed by atoms with van der Waals surface area (Å²) in [4.78, 5) is 113. The van der Waals surface area contributed by atoms with Gasteiger partial charge in [-0.3, -0.25) is 38.4 Å². The van der Waals surface area contributed by atoms with Crippen molar-refractivity contribution in [3.05, 3.63) is 29.8 Å². The van der Waals surface area contributed by atoms with Gasteiger partial charge >= 0.3 is 0 Å². The number of nitrogens with zero attached hydrogens (tertiary/aromatic N) is 2. The topological polar surface area (TPSA) is 371 Å². The highest BCUT2D eigenvalue weighted by molar-refractivity contribution is 5.98. The zero-order valence-corrected chi connectivity index (χ0v) is 43.4. The minimum Gasteiger partial charge on any atom is -0.508 e. The number of carbonyl (C=O) groups excluding carboxylic acids is 8. The van der Waals surface area contributed by atoms with E-state index in [9.17, 15) is 74.1 Å². The summed E-state index contributed by atoms with van der Waals surface area (Å²) in [5.41, 5.74) is 5.72. The standard InChI is InChI=1S/C51H82N8O15/c1-6-27(2)19-28(3)13-11-9-7-8-10-12-14-40(67)54-35-21-33(62)24-53-49(72)44-45(68)29(4)25-59(44)51(74)43(38(65)23-39(52)66)57-48(71)42(37(64)20-31-15-17-32(61)18-16-31)56-47(70)36-22-34(63)26-58(36)50(73)41(30(5)60)55-46(35)69/h15-18,27-30,33-38,41-45,60-65,68H,6-14,19-26H2,1-5H3,(H2,52,66)(H,53,72)(H,54,67)(H,55,69)(H,56,70)(H,57,71)/t27-,28-,29-,30+,33+,34+,35-,36-,37+,38+,41-,42-,43-,44-,45-/m0/s1. The molecule has 3 aliphatic heterocycles. The van der Waals surface area contributed by atoms with Crippen molar-refractivity contribution >= 4 is 47.3 Å². The molecular weight excluding hydrogens is 965 g/mol. The number of phenolic OH excluding ortho intramolecular Hbond substituents is 1. The number of aliphatic hydroxyl groups is 6. The van der Waals surface area contributed by atoms with Crippen molar-refractivity contribution in [2.24, 2.45) is 23.5 Å². The smallest absolute Gasteiger partial charge is 0.248 e. The maximum Gasteiger partial charge on any atom is 0.248 e. The summed E-state index contributed by atoms with van der Waals surface area (Å²) >= 11 is 0. The number of carbonyl (C=O) groups is 8. The van der Waals surface area contributed by atoms with Crippen LogP contribution in [0.5, 0.6) is 5.75 Å². The molecule has 0 aliphatic carbocycles. The molecule has 0 spiro atoms. The van der Waals surface area contributed by atoms with Gasteiger partial charge in [0.2, 0.25) is 47.3 Å². The molecule has 1 aromatic carbocycles. The first-order valence-corrected chi connectivity index (χ1v) is 26.2. The number of benzene rings is 1. The number of hydrogen-bond donors (Lipinski definition) is 13. The third kappa shape index (κ3) is 17.9. The van der Waals surface area contributed by atoms with Crippen LogP contribution in [-0.2, 0) is 44.8 Å². The van der Waals surface area contributed by atoms with E-state index in [4.69, 9.17) is 5.73 Å². The number of nitrogens with one attached hydrogen (secondary N) is 5. The maximum atomic E-state index is 14.5. The Bertz CT molecular complexity index is 2060. The number of unbranched alkanes of at least 4 members (excludes halogenated alkanes) is 5. The number of amides is 8. The van der Waals surface area contributed by atoms with Crippen LogP contribution in [-0.4, -0.2) is 185 Å². The van der Waals surface area contributed by atoms with Crippen molar-refractivity contribution in [2.75, 3.05) is 19.6 Å². The Labute approximate surface area is 432 Å². The Morgan fingerprint density at radius 3 is 1.97 bits per heavy atom. The molecule has 416 valence electrons. The van der Waals surface area contributed by atoms with E-state index in [0.717, 1.165) is 54.7 Å². The van der Waals surface area contributed by atoms with Crippen molar-refractivity contribution < 1.29 is 74.1 Å². The first-order chi connectivity index (χ1) is 34.9. The molecule has 3 fully saturated rings. The second kappa shape index (κ2) is 29.0. The van der Waals surface area contributed by atoms with E-state index in [0.29, 0.717) is 23.8 Å². The van der Waals surface area contributed by atoms with Crippen LogP contribution in [0.25, 0.3) is 0 Å². The number of primary amides is 1. The minimum atomic E-state index is -2.11. The fourth-order valence-corrected chi connectivity index (χ4v) is 9.96. The molecule has 0 radical (unpaired) electrons. The second-order valence-electron chi connectivity index (χ2n) is 20.9.